The van der Waals surface area contributed by atoms with E-state index in [1.165, 1.54) is 13.0 Å². The quantitative estimate of drug-likeness (QED) is 0.573. The van der Waals surface area contributed by atoms with E-state index < -0.39 is 22.2 Å². The van der Waals surface area contributed by atoms with Crippen LogP contribution in [0.5, 0.6) is 0 Å². The highest BCUT2D eigenvalue weighted by Gasteiger charge is 2.24. The Hall–Kier alpha value is -2.20. The van der Waals surface area contributed by atoms with Gasteiger partial charge in [-0.1, -0.05) is 0 Å². The topological polar surface area (TPSA) is 141 Å². The molecule has 2 rings (SSSR count). The average molecular weight is 285 g/mol. The van der Waals surface area contributed by atoms with Crippen molar-refractivity contribution in [3.8, 4) is 0 Å². The Bertz CT molecular complexity index is 728. The molecule has 0 spiro atoms. The maximum absolute atomic E-state index is 12.1. The van der Waals surface area contributed by atoms with Crippen LogP contribution in [-0.4, -0.2) is 33.9 Å². The van der Waals surface area contributed by atoms with Crippen molar-refractivity contribution in [2.45, 2.75) is 18.4 Å². The first-order valence-electron chi connectivity index (χ1n) is 5.17. The summed E-state index contributed by atoms with van der Waals surface area (Å²) in [5, 5.41) is 20.9. The van der Waals surface area contributed by atoms with Crippen molar-refractivity contribution < 1.29 is 13.5 Å². The standard InChI is InChI=1S/C9H11N5O4S/c1-5-9(6(4-15)11-10-5)19(17,18)14-7-2-3-8(16)13-12-7/h2-3,15H,4H2,1H3,(H,10,11)(H,12,14)(H,13,16). The molecular formula is C9H11N5O4S. The lowest BCUT2D eigenvalue weighted by Gasteiger charge is -2.06. The van der Waals surface area contributed by atoms with E-state index in [4.69, 9.17) is 5.11 Å². The number of sulfonamides is 1. The lowest BCUT2D eigenvalue weighted by Crippen LogP contribution is -2.18. The SMILES string of the molecule is Cc1[nH]nc(CO)c1S(=O)(=O)Nc1ccc(=O)[nH]n1. The molecule has 0 saturated carbocycles. The molecule has 2 aromatic heterocycles. The molecule has 4 N–H and O–H groups in total. The van der Waals surface area contributed by atoms with Crippen molar-refractivity contribution >= 4 is 15.8 Å². The Kier molecular flexibility index (Phi) is 3.36. The van der Waals surface area contributed by atoms with Gasteiger partial charge >= 0.3 is 0 Å². The van der Waals surface area contributed by atoms with Gasteiger partial charge in [0.2, 0.25) is 0 Å². The molecule has 0 amide bonds. The zero-order valence-corrected chi connectivity index (χ0v) is 10.7. The van der Waals surface area contributed by atoms with Gasteiger partial charge in [0.25, 0.3) is 15.6 Å². The van der Waals surface area contributed by atoms with Crippen molar-refractivity contribution in [3.05, 3.63) is 33.9 Å². The van der Waals surface area contributed by atoms with Crippen molar-refractivity contribution in [1.82, 2.24) is 20.4 Å². The van der Waals surface area contributed by atoms with Crippen molar-refractivity contribution in [2.24, 2.45) is 0 Å². The van der Waals surface area contributed by atoms with Crippen LogP contribution in [0.15, 0.2) is 21.8 Å². The molecule has 2 heterocycles. The predicted molar refractivity (Wildman–Crippen MR) is 64.9 cm³/mol. The fraction of sp³-hybridized carbons (Fsp3) is 0.222. The van der Waals surface area contributed by atoms with Gasteiger partial charge in [0, 0.05) is 6.07 Å². The van der Waals surface area contributed by atoms with Gasteiger partial charge in [-0.05, 0) is 13.0 Å². The number of aryl methyl sites for hydroxylation is 1. The van der Waals surface area contributed by atoms with Crippen LogP contribution < -0.4 is 10.3 Å². The third-order valence-electron chi connectivity index (χ3n) is 2.30. The van der Waals surface area contributed by atoms with E-state index in [1.54, 1.807) is 0 Å². The predicted octanol–water partition coefficient (Wildman–Crippen LogP) is -0.905. The summed E-state index contributed by atoms with van der Waals surface area (Å²) >= 11 is 0. The minimum absolute atomic E-state index is 0.00873. The zero-order valence-electron chi connectivity index (χ0n) is 9.84. The summed E-state index contributed by atoms with van der Waals surface area (Å²) in [6, 6.07) is 2.37. The van der Waals surface area contributed by atoms with Crippen LogP contribution in [0.2, 0.25) is 0 Å². The Balaban J connectivity index is 2.40. The first-order valence-corrected chi connectivity index (χ1v) is 6.65. The maximum atomic E-state index is 12.1. The summed E-state index contributed by atoms with van der Waals surface area (Å²) in [5.41, 5.74) is -0.145. The molecule has 2 aromatic rings. The summed E-state index contributed by atoms with van der Waals surface area (Å²) in [6.07, 6.45) is 0. The lowest BCUT2D eigenvalue weighted by molar-refractivity contribution is 0.273. The number of rotatable bonds is 4. The van der Waals surface area contributed by atoms with Crippen LogP contribution in [0.25, 0.3) is 0 Å². The van der Waals surface area contributed by atoms with Crippen LogP contribution in [0.3, 0.4) is 0 Å². The summed E-state index contributed by atoms with van der Waals surface area (Å²) in [5.74, 6) is -0.0379. The number of H-pyrrole nitrogens is 2. The van der Waals surface area contributed by atoms with E-state index in [9.17, 15) is 13.2 Å². The minimum atomic E-state index is -3.94. The van der Waals surface area contributed by atoms with E-state index in [-0.39, 0.29) is 16.4 Å². The highest BCUT2D eigenvalue weighted by Crippen LogP contribution is 2.19. The molecular weight excluding hydrogens is 274 g/mol. The number of aliphatic hydroxyl groups excluding tert-OH is 1. The zero-order chi connectivity index (χ0) is 14.0. The van der Waals surface area contributed by atoms with Crippen molar-refractivity contribution in [3.63, 3.8) is 0 Å². The Morgan fingerprint density at radius 1 is 1.32 bits per heavy atom. The first kappa shape index (κ1) is 13.2. The Labute approximate surface area is 107 Å². The molecule has 0 aromatic carbocycles. The van der Waals surface area contributed by atoms with E-state index >= 15 is 0 Å². The number of aromatic amines is 2. The Morgan fingerprint density at radius 3 is 2.63 bits per heavy atom. The summed E-state index contributed by atoms with van der Waals surface area (Å²) in [4.78, 5) is 10.7. The van der Waals surface area contributed by atoms with Gasteiger partial charge in [-0.15, -0.1) is 0 Å². The van der Waals surface area contributed by atoms with Gasteiger partial charge in [-0.2, -0.15) is 10.2 Å². The smallest absolute Gasteiger partial charge is 0.266 e. The molecule has 0 bridgehead atoms. The van der Waals surface area contributed by atoms with Crippen LogP contribution >= 0.6 is 0 Å². The number of aliphatic hydroxyl groups is 1. The number of hydrogen-bond donors (Lipinski definition) is 4. The summed E-state index contributed by atoms with van der Waals surface area (Å²) in [7, 11) is -3.94. The Morgan fingerprint density at radius 2 is 2.05 bits per heavy atom. The molecule has 0 radical (unpaired) electrons. The second-order valence-corrected chi connectivity index (χ2v) is 5.31. The number of nitrogens with zero attached hydrogens (tertiary/aromatic N) is 2. The van der Waals surface area contributed by atoms with Gasteiger partial charge in [-0.3, -0.25) is 14.6 Å². The molecule has 0 saturated heterocycles. The van der Waals surface area contributed by atoms with E-state index in [0.29, 0.717) is 5.69 Å². The largest absolute Gasteiger partial charge is 0.390 e. The lowest BCUT2D eigenvalue weighted by atomic mass is 10.4. The van der Waals surface area contributed by atoms with Crippen molar-refractivity contribution in [1.29, 1.82) is 0 Å². The van der Waals surface area contributed by atoms with E-state index in [1.807, 2.05) is 0 Å². The van der Waals surface area contributed by atoms with Gasteiger partial charge in [0.1, 0.15) is 10.6 Å². The minimum Gasteiger partial charge on any atom is -0.390 e. The van der Waals surface area contributed by atoms with Gasteiger partial charge in [0.15, 0.2) is 5.82 Å². The van der Waals surface area contributed by atoms with Crippen LogP contribution in [-0.2, 0) is 16.6 Å². The van der Waals surface area contributed by atoms with Crippen LogP contribution in [0, 0.1) is 6.92 Å². The van der Waals surface area contributed by atoms with E-state index in [2.05, 4.69) is 25.1 Å². The third-order valence-corrected chi connectivity index (χ3v) is 3.85. The van der Waals surface area contributed by atoms with Crippen LogP contribution in [0.1, 0.15) is 11.4 Å². The monoisotopic (exact) mass is 285 g/mol. The van der Waals surface area contributed by atoms with Crippen molar-refractivity contribution in [2.75, 3.05) is 4.72 Å². The summed E-state index contributed by atoms with van der Waals surface area (Å²) in [6.45, 7) is 1.00. The second-order valence-electron chi connectivity index (χ2n) is 3.69. The molecule has 10 heteroatoms. The number of nitrogens with one attached hydrogen (secondary N) is 3. The maximum Gasteiger partial charge on any atom is 0.266 e. The van der Waals surface area contributed by atoms with Gasteiger partial charge in [0.05, 0.1) is 12.3 Å². The molecule has 0 fully saturated rings. The molecule has 0 atom stereocenters. The molecule has 0 aliphatic carbocycles. The van der Waals surface area contributed by atoms with Crippen LogP contribution in [0.4, 0.5) is 5.82 Å². The number of anilines is 1. The van der Waals surface area contributed by atoms with Gasteiger partial charge in [-0.25, -0.2) is 13.5 Å². The molecule has 0 unspecified atom stereocenters. The fourth-order valence-corrected chi connectivity index (χ4v) is 2.88. The molecule has 0 aliphatic heterocycles. The van der Waals surface area contributed by atoms with Gasteiger partial charge < -0.3 is 5.11 Å². The first-order chi connectivity index (χ1) is 8.94. The van der Waals surface area contributed by atoms with E-state index in [0.717, 1.165) is 6.07 Å². The summed E-state index contributed by atoms with van der Waals surface area (Å²) < 4.78 is 26.5. The normalized spacial score (nSPS) is 11.5. The molecule has 0 aliphatic rings. The second kappa shape index (κ2) is 4.82. The highest BCUT2D eigenvalue weighted by molar-refractivity contribution is 7.92. The molecule has 9 nitrogen and oxygen atoms in total. The average Bonchev–Trinajstić information content (AvgIpc) is 2.74. The molecule has 102 valence electrons. The molecule has 19 heavy (non-hydrogen) atoms. The number of aromatic nitrogens is 4. The number of hydrogen-bond acceptors (Lipinski definition) is 6. The third kappa shape index (κ3) is 2.63. The fourth-order valence-electron chi connectivity index (χ4n) is 1.52. The highest BCUT2D eigenvalue weighted by atomic mass is 32.2.